The van der Waals surface area contributed by atoms with Gasteiger partial charge in [-0.25, -0.2) is 4.39 Å². The number of halogens is 2. The first kappa shape index (κ1) is 25.2. The standard InChI is InChI=1S/C27H23FINO4S/c1-33-23-15-20(14-22(29)25(23)34-17-19-9-11-21(28)12-10-19)16-24-26(31)30(27(32)35-24)13-5-8-18-6-3-2-4-7-18/h2-4,6-7,9-12,14-16H,5,8,13,17H2,1H3/b24-16+. The summed E-state index contributed by atoms with van der Waals surface area (Å²) in [6.45, 7) is 0.641. The summed E-state index contributed by atoms with van der Waals surface area (Å²) in [5.74, 6) is 0.487. The summed E-state index contributed by atoms with van der Waals surface area (Å²) >= 11 is 3.09. The van der Waals surface area contributed by atoms with Gasteiger partial charge in [0.2, 0.25) is 0 Å². The predicted molar refractivity (Wildman–Crippen MR) is 144 cm³/mol. The summed E-state index contributed by atoms with van der Waals surface area (Å²) in [4.78, 5) is 27.0. The number of amides is 2. The van der Waals surface area contributed by atoms with Gasteiger partial charge in [-0.15, -0.1) is 0 Å². The monoisotopic (exact) mass is 603 g/mol. The second kappa shape index (κ2) is 11.7. The maximum absolute atomic E-state index is 13.1. The molecule has 5 nitrogen and oxygen atoms in total. The van der Waals surface area contributed by atoms with Gasteiger partial charge in [-0.1, -0.05) is 42.5 Å². The zero-order chi connectivity index (χ0) is 24.8. The lowest BCUT2D eigenvalue weighted by Gasteiger charge is -2.14. The van der Waals surface area contributed by atoms with Crippen molar-refractivity contribution in [2.75, 3.05) is 13.7 Å². The lowest BCUT2D eigenvalue weighted by molar-refractivity contribution is -0.122. The van der Waals surface area contributed by atoms with Crippen molar-refractivity contribution in [3.8, 4) is 11.5 Å². The number of thioether (sulfide) groups is 1. The summed E-state index contributed by atoms with van der Waals surface area (Å²) in [5.41, 5.74) is 2.74. The van der Waals surface area contributed by atoms with Gasteiger partial charge in [-0.05, 0) is 94.2 Å². The lowest BCUT2D eigenvalue weighted by atomic mass is 10.1. The molecule has 1 heterocycles. The number of ether oxygens (including phenoxy) is 2. The molecule has 4 rings (SSSR count). The Labute approximate surface area is 221 Å². The molecule has 1 saturated heterocycles. The molecular weight excluding hydrogens is 580 g/mol. The highest BCUT2D eigenvalue weighted by Crippen LogP contribution is 2.37. The predicted octanol–water partition coefficient (Wildman–Crippen LogP) is 6.69. The number of nitrogens with zero attached hydrogens (tertiary/aromatic N) is 1. The number of imide groups is 1. The van der Waals surface area contributed by atoms with Crippen molar-refractivity contribution in [3.05, 3.63) is 97.7 Å². The number of hydrogen-bond donors (Lipinski definition) is 0. The van der Waals surface area contributed by atoms with Gasteiger partial charge in [0, 0.05) is 6.54 Å². The number of carbonyl (C=O) groups excluding carboxylic acids is 2. The topological polar surface area (TPSA) is 55.8 Å². The molecule has 180 valence electrons. The highest BCUT2D eigenvalue weighted by atomic mass is 127. The molecule has 8 heteroatoms. The molecule has 2 amide bonds. The normalized spacial score (nSPS) is 14.6. The lowest BCUT2D eigenvalue weighted by Crippen LogP contribution is -2.29. The Hall–Kier alpha value is -2.85. The average Bonchev–Trinajstić information content (AvgIpc) is 3.12. The van der Waals surface area contributed by atoms with Crippen LogP contribution < -0.4 is 9.47 Å². The Morgan fingerprint density at radius 2 is 1.77 bits per heavy atom. The van der Waals surface area contributed by atoms with Crippen molar-refractivity contribution in [1.82, 2.24) is 4.90 Å². The molecule has 1 fully saturated rings. The van der Waals surface area contributed by atoms with E-state index < -0.39 is 0 Å². The minimum Gasteiger partial charge on any atom is -0.493 e. The smallest absolute Gasteiger partial charge is 0.293 e. The summed E-state index contributed by atoms with van der Waals surface area (Å²) in [6, 6.07) is 19.7. The molecule has 0 aliphatic carbocycles. The van der Waals surface area contributed by atoms with Crippen molar-refractivity contribution in [2.24, 2.45) is 0 Å². The van der Waals surface area contributed by atoms with Crippen molar-refractivity contribution in [3.63, 3.8) is 0 Å². The van der Waals surface area contributed by atoms with E-state index in [2.05, 4.69) is 22.6 Å². The summed E-state index contributed by atoms with van der Waals surface area (Å²) in [7, 11) is 1.54. The maximum atomic E-state index is 13.1. The number of hydrogen-bond acceptors (Lipinski definition) is 5. The number of methoxy groups -OCH3 is 1. The molecule has 3 aromatic rings. The van der Waals surface area contributed by atoms with Gasteiger partial charge < -0.3 is 9.47 Å². The maximum Gasteiger partial charge on any atom is 0.293 e. The van der Waals surface area contributed by atoms with Gasteiger partial charge in [0.15, 0.2) is 11.5 Å². The third-order valence-corrected chi connectivity index (χ3v) is 7.12. The van der Waals surface area contributed by atoms with E-state index in [1.54, 1.807) is 31.4 Å². The van der Waals surface area contributed by atoms with Gasteiger partial charge in [-0.3, -0.25) is 14.5 Å². The van der Waals surface area contributed by atoms with Gasteiger partial charge >= 0.3 is 0 Å². The number of benzene rings is 3. The Balaban J connectivity index is 1.44. The van der Waals surface area contributed by atoms with E-state index in [4.69, 9.17) is 9.47 Å². The molecular formula is C27H23FINO4S. The first-order chi connectivity index (χ1) is 16.9. The molecule has 1 aliphatic heterocycles. The van der Waals surface area contributed by atoms with E-state index in [0.29, 0.717) is 29.4 Å². The van der Waals surface area contributed by atoms with Crippen LogP contribution in [0.1, 0.15) is 23.1 Å². The van der Waals surface area contributed by atoms with Gasteiger partial charge in [0.25, 0.3) is 11.1 Å². The molecule has 0 aromatic heterocycles. The van der Waals surface area contributed by atoms with Gasteiger partial charge in [0.05, 0.1) is 15.6 Å². The second-order valence-electron chi connectivity index (χ2n) is 7.87. The van der Waals surface area contributed by atoms with Crippen LogP contribution in [-0.4, -0.2) is 29.7 Å². The van der Waals surface area contributed by atoms with Crippen LogP contribution in [0.15, 0.2) is 71.6 Å². The zero-order valence-electron chi connectivity index (χ0n) is 19.0. The highest BCUT2D eigenvalue weighted by Gasteiger charge is 2.34. The minimum atomic E-state index is -0.300. The average molecular weight is 603 g/mol. The molecule has 0 bridgehead atoms. The van der Waals surface area contributed by atoms with Crippen LogP contribution in [0.3, 0.4) is 0 Å². The molecule has 0 saturated carbocycles. The van der Waals surface area contributed by atoms with Crippen molar-refractivity contribution in [2.45, 2.75) is 19.4 Å². The van der Waals surface area contributed by atoms with Gasteiger partial charge in [0.1, 0.15) is 12.4 Å². The van der Waals surface area contributed by atoms with Crippen molar-refractivity contribution < 1.29 is 23.5 Å². The molecule has 0 N–H and O–H groups in total. The third kappa shape index (κ3) is 6.43. The van der Waals surface area contributed by atoms with Crippen molar-refractivity contribution in [1.29, 1.82) is 0 Å². The third-order valence-electron chi connectivity index (χ3n) is 5.41. The van der Waals surface area contributed by atoms with E-state index in [1.165, 1.54) is 22.6 Å². The van der Waals surface area contributed by atoms with Gasteiger partial charge in [-0.2, -0.15) is 0 Å². The zero-order valence-corrected chi connectivity index (χ0v) is 22.0. The molecule has 3 aromatic carbocycles. The minimum absolute atomic E-state index is 0.254. The van der Waals surface area contributed by atoms with Crippen LogP contribution in [0.2, 0.25) is 0 Å². The fourth-order valence-corrected chi connectivity index (χ4v) is 5.28. The van der Waals surface area contributed by atoms with Crippen LogP contribution in [0.5, 0.6) is 11.5 Å². The Morgan fingerprint density at radius 3 is 2.49 bits per heavy atom. The molecule has 0 radical (unpaired) electrons. The van der Waals surface area contributed by atoms with E-state index in [9.17, 15) is 14.0 Å². The van der Waals surface area contributed by atoms with Crippen LogP contribution >= 0.6 is 34.4 Å². The van der Waals surface area contributed by atoms with Crippen molar-refractivity contribution >= 4 is 51.6 Å². The molecule has 0 atom stereocenters. The summed E-state index contributed by atoms with van der Waals surface area (Å²) < 4.78 is 25.4. The Morgan fingerprint density at radius 1 is 1.03 bits per heavy atom. The van der Waals surface area contributed by atoms with Crippen LogP contribution in [0.4, 0.5) is 9.18 Å². The fourth-order valence-electron chi connectivity index (χ4n) is 3.63. The van der Waals surface area contributed by atoms with E-state index >= 15 is 0 Å². The van der Waals surface area contributed by atoms with Crippen LogP contribution in [-0.2, 0) is 17.8 Å². The molecule has 0 unspecified atom stereocenters. The summed E-state index contributed by atoms with van der Waals surface area (Å²) in [5, 5.41) is -0.254. The number of aryl methyl sites for hydroxylation is 1. The number of carbonyl (C=O) groups is 2. The Kier molecular flexibility index (Phi) is 8.46. The SMILES string of the molecule is COc1cc(/C=C2/SC(=O)N(CCCc3ccccc3)C2=O)cc(I)c1OCc1ccc(F)cc1. The van der Waals surface area contributed by atoms with E-state index in [0.717, 1.165) is 32.9 Å². The van der Waals surface area contributed by atoms with E-state index in [-0.39, 0.29) is 23.6 Å². The first-order valence-electron chi connectivity index (χ1n) is 11.0. The quantitative estimate of drug-likeness (QED) is 0.202. The second-order valence-corrected chi connectivity index (χ2v) is 10.0. The fraction of sp³-hybridized carbons (Fsp3) is 0.185. The Bertz CT molecular complexity index is 1250. The van der Waals surface area contributed by atoms with E-state index in [1.807, 2.05) is 36.4 Å². The van der Waals surface area contributed by atoms with Crippen LogP contribution in [0, 0.1) is 9.39 Å². The molecule has 0 spiro atoms. The largest absolute Gasteiger partial charge is 0.493 e. The molecule has 35 heavy (non-hydrogen) atoms. The highest BCUT2D eigenvalue weighted by molar-refractivity contribution is 14.1. The first-order valence-corrected chi connectivity index (χ1v) is 12.9. The molecule has 1 aliphatic rings. The number of rotatable bonds is 9. The van der Waals surface area contributed by atoms with Crippen LogP contribution in [0.25, 0.3) is 6.08 Å². The summed E-state index contributed by atoms with van der Waals surface area (Å²) in [6.07, 6.45) is 3.22.